The van der Waals surface area contributed by atoms with Crippen LogP contribution in [0.3, 0.4) is 0 Å². The first-order valence-corrected chi connectivity index (χ1v) is 10.7. The number of phosphoric acid groups is 1. The first-order chi connectivity index (χ1) is 15.2. The van der Waals surface area contributed by atoms with E-state index >= 15 is 0 Å². The summed E-state index contributed by atoms with van der Waals surface area (Å²) in [5, 5.41) is 20.6. The molecule has 1 aromatic carbocycles. The highest BCUT2D eigenvalue weighted by Crippen LogP contribution is 2.35. The Kier molecular flexibility index (Phi) is 6.05. The maximum Gasteiger partial charge on any atom is 0.337 e. The van der Waals surface area contributed by atoms with Crippen molar-refractivity contribution in [2.45, 2.75) is 24.5 Å². The molecule has 2 aromatic heterocycles. The Morgan fingerprint density at radius 1 is 1.25 bits per heavy atom. The molecule has 1 aliphatic rings. The molecule has 3 heterocycles. The Labute approximate surface area is 180 Å². The summed E-state index contributed by atoms with van der Waals surface area (Å²) in [4.78, 5) is 45.9. The van der Waals surface area contributed by atoms with Crippen molar-refractivity contribution in [3.8, 4) is 11.3 Å². The summed E-state index contributed by atoms with van der Waals surface area (Å²) in [7, 11) is -4.01. The molecule has 14 heteroatoms. The van der Waals surface area contributed by atoms with E-state index in [0.717, 1.165) is 0 Å². The monoisotopic (exact) mass is 464 g/mol. The molecular formula is C18H17N4O9P-2. The van der Waals surface area contributed by atoms with Crippen molar-refractivity contribution >= 4 is 25.0 Å². The van der Waals surface area contributed by atoms with Gasteiger partial charge in [0.05, 0.1) is 33.4 Å². The van der Waals surface area contributed by atoms with Crippen molar-refractivity contribution in [2.75, 3.05) is 13.7 Å². The second-order valence-electron chi connectivity index (χ2n) is 6.91. The first-order valence-electron chi connectivity index (χ1n) is 9.24. The number of benzene rings is 1. The molecule has 0 unspecified atom stereocenters. The quantitative estimate of drug-likeness (QED) is 0.326. The van der Waals surface area contributed by atoms with Gasteiger partial charge in [0.2, 0.25) is 0 Å². The van der Waals surface area contributed by atoms with E-state index in [9.17, 15) is 29.4 Å². The lowest BCUT2D eigenvalue weighted by molar-refractivity contribution is -0.343. The zero-order valence-electron chi connectivity index (χ0n) is 16.5. The molecule has 1 fully saturated rings. The maximum absolute atomic E-state index is 11.8. The lowest BCUT2D eigenvalue weighted by Gasteiger charge is -2.30. The lowest BCUT2D eigenvalue weighted by Crippen LogP contribution is -2.34. The third-order valence-corrected chi connectivity index (χ3v) is 5.39. The Balaban J connectivity index is 1.67. The molecular weight excluding hydrogens is 447 g/mol. The van der Waals surface area contributed by atoms with Gasteiger partial charge in [-0.2, -0.15) is 0 Å². The fourth-order valence-corrected chi connectivity index (χ4v) is 3.75. The predicted octanol–water partition coefficient (Wildman–Crippen LogP) is -1.26. The molecule has 1 saturated heterocycles. The predicted molar refractivity (Wildman–Crippen MR) is 102 cm³/mol. The molecule has 4 rings (SSSR count). The van der Waals surface area contributed by atoms with E-state index in [-0.39, 0.29) is 5.65 Å². The van der Waals surface area contributed by atoms with Crippen LogP contribution >= 0.6 is 7.82 Å². The van der Waals surface area contributed by atoms with Gasteiger partial charge in [-0.05, 0) is 12.1 Å². The minimum atomic E-state index is -5.28. The molecule has 0 radical (unpaired) electrons. The van der Waals surface area contributed by atoms with E-state index in [4.69, 9.17) is 9.47 Å². The fourth-order valence-electron chi connectivity index (χ4n) is 3.42. The van der Waals surface area contributed by atoms with Crippen molar-refractivity contribution in [1.29, 1.82) is 0 Å². The summed E-state index contributed by atoms with van der Waals surface area (Å²) in [5.74, 6) is -0.520. The van der Waals surface area contributed by atoms with Gasteiger partial charge in [0.25, 0.3) is 0 Å². The van der Waals surface area contributed by atoms with Gasteiger partial charge in [-0.25, -0.2) is 19.7 Å². The average Bonchev–Trinajstić information content (AvgIpc) is 3.32. The summed E-state index contributed by atoms with van der Waals surface area (Å²) in [5.41, 5.74) is 1.83. The average molecular weight is 464 g/mol. The number of ether oxygens (including phenoxy) is 2. The topological polar surface area (TPSA) is 192 Å². The number of nitrogens with zero attached hydrogens (tertiary/aromatic N) is 4. The molecule has 4 atom stereocenters. The summed E-state index contributed by atoms with van der Waals surface area (Å²) in [6.45, 7) is -0.758. The SMILES string of the molecule is COC(=O)c1cccc(-c2ncnc3c2ncn3[C@@H]2O[C@H](COP(=O)([O-])[O-])[C@@H](O)[C@H]2O)c1. The van der Waals surface area contributed by atoms with Crippen LogP contribution in [0.2, 0.25) is 0 Å². The van der Waals surface area contributed by atoms with Crippen LogP contribution in [0.1, 0.15) is 16.6 Å². The number of aliphatic hydroxyl groups excluding tert-OH is 2. The van der Waals surface area contributed by atoms with Crippen molar-refractivity contribution in [2.24, 2.45) is 0 Å². The highest BCUT2D eigenvalue weighted by atomic mass is 31.2. The smallest absolute Gasteiger partial charge is 0.337 e. The van der Waals surface area contributed by atoms with Gasteiger partial charge >= 0.3 is 5.97 Å². The van der Waals surface area contributed by atoms with Crippen LogP contribution < -0.4 is 9.79 Å². The van der Waals surface area contributed by atoms with E-state index in [1.807, 2.05) is 0 Å². The number of carbonyl (C=O) groups is 1. The van der Waals surface area contributed by atoms with E-state index in [2.05, 4.69) is 19.5 Å². The molecule has 2 N–H and O–H groups in total. The zero-order chi connectivity index (χ0) is 23.0. The molecule has 0 bridgehead atoms. The fraction of sp³-hybridized carbons (Fsp3) is 0.333. The molecule has 170 valence electrons. The number of carbonyl (C=O) groups excluding carboxylic acids is 1. The molecule has 13 nitrogen and oxygen atoms in total. The number of imidazole rings is 1. The number of methoxy groups -OCH3 is 1. The number of aliphatic hydroxyl groups is 2. The van der Waals surface area contributed by atoms with Crippen LogP contribution in [0, 0.1) is 0 Å². The Morgan fingerprint density at radius 2 is 2.03 bits per heavy atom. The minimum absolute atomic E-state index is 0.245. The zero-order valence-corrected chi connectivity index (χ0v) is 17.4. The molecule has 3 aromatic rings. The van der Waals surface area contributed by atoms with Crippen molar-refractivity contribution in [1.82, 2.24) is 19.5 Å². The summed E-state index contributed by atoms with van der Waals surface area (Å²) < 4.78 is 26.5. The van der Waals surface area contributed by atoms with Crippen molar-refractivity contribution in [3.63, 3.8) is 0 Å². The van der Waals surface area contributed by atoms with Crippen LogP contribution in [0.4, 0.5) is 0 Å². The highest BCUT2D eigenvalue weighted by molar-refractivity contribution is 7.43. The van der Waals surface area contributed by atoms with Crippen molar-refractivity contribution in [3.05, 3.63) is 42.5 Å². The third kappa shape index (κ3) is 4.27. The Hall–Kier alpha value is -2.77. The Bertz CT molecular complexity index is 1200. The van der Waals surface area contributed by atoms with Crippen LogP contribution in [0.25, 0.3) is 22.4 Å². The van der Waals surface area contributed by atoms with Crippen LogP contribution in [0.5, 0.6) is 0 Å². The van der Waals surface area contributed by atoms with E-state index in [0.29, 0.717) is 22.3 Å². The van der Waals surface area contributed by atoms with Gasteiger partial charge in [-0.3, -0.25) is 4.57 Å². The van der Waals surface area contributed by atoms with Gasteiger partial charge in [-0.1, -0.05) is 12.1 Å². The highest BCUT2D eigenvalue weighted by Gasteiger charge is 2.44. The number of hydrogen-bond donors (Lipinski definition) is 2. The minimum Gasteiger partial charge on any atom is -0.790 e. The second-order valence-corrected chi connectivity index (χ2v) is 8.06. The number of fused-ring (bicyclic) bond motifs is 1. The standard InChI is InChI=1S/C18H19N4O9P/c1-29-18(25)10-4-2-3-9(5-10)12-13-16(20-7-19-12)22(8-21-13)17-15(24)14(23)11(31-17)6-30-32(26,27)28/h2-5,7-8,11,14-15,17,23-24H,6H2,1H3,(H2,26,27,28)/p-2/t11-,14-,15-,17-/m1/s1. The largest absolute Gasteiger partial charge is 0.790 e. The van der Waals surface area contributed by atoms with Gasteiger partial charge in [0, 0.05) is 5.56 Å². The number of phosphoric ester groups is 1. The van der Waals surface area contributed by atoms with Crippen LogP contribution in [-0.4, -0.2) is 67.7 Å². The van der Waals surface area contributed by atoms with E-state index < -0.39 is 44.9 Å². The number of esters is 1. The molecule has 32 heavy (non-hydrogen) atoms. The number of rotatable bonds is 6. The Morgan fingerprint density at radius 3 is 2.75 bits per heavy atom. The lowest BCUT2D eigenvalue weighted by atomic mass is 10.1. The van der Waals surface area contributed by atoms with Crippen molar-refractivity contribution < 1.29 is 43.4 Å². The third-order valence-electron chi connectivity index (χ3n) is 4.92. The molecule has 0 amide bonds. The van der Waals surface area contributed by atoms with Gasteiger partial charge < -0.3 is 38.6 Å². The summed E-state index contributed by atoms with van der Waals surface area (Å²) in [6.07, 6.45) is -2.92. The number of hydrogen-bond acceptors (Lipinski definition) is 12. The molecule has 0 aliphatic carbocycles. The van der Waals surface area contributed by atoms with Gasteiger partial charge in [0.15, 0.2) is 11.9 Å². The maximum atomic E-state index is 11.8. The molecule has 0 spiro atoms. The van der Waals surface area contributed by atoms with E-state index in [1.165, 1.54) is 24.3 Å². The normalized spacial score (nSPS) is 23.5. The number of aromatic nitrogens is 4. The van der Waals surface area contributed by atoms with Gasteiger partial charge in [0.1, 0.15) is 35.8 Å². The summed E-state index contributed by atoms with van der Waals surface area (Å²) in [6, 6.07) is 6.54. The van der Waals surface area contributed by atoms with Crippen LogP contribution in [0.15, 0.2) is 36.9 Å². The first kappa shape index (κ1) is 22.4. The van der Waals surface area contributed by atoms with Crippen LogP contribution in [-0.2, 0) is 18.6 Å². The molecule has 1 aliphatic heterocycles. The molecule has 0 saturated carbocycles. The summed E-state index contributed by atoms with van der Waals surface area (Å²) >= 11 is 0. The second kappa shape index (κ2) is 8.64. The van der Waals surface area contributed by atoms with Gasteiger partial charge in [-0.15, -0.1) is 0 Å². The van der Waals surface area contributed by atoms with E-state index in [1.54, 1.807) is 24.3 Å².